The zero-order valence-corrected chi connectivity index (χ0v) is 29.3. The number of aliphatic carboxylic acids is 1. The molecular weight excluding hydrogens is 628 g/mol. The van der Waals surface area contributed by atoms with Crippen LogP contribution >= 0.6 is 0 Å². The molecular formula is C41H48N4O5. The molecule has 1 heterocycles. The van der Waals surface area contributed by atoms with Crippen molar-refractivity contribution >= 4 is 29.2 Å². The fraction of sp³-hybridized carbons (Fsp3) is 0.341. The molecule has 4 aromatic rings. The number of ether oxygens (including phenoxy) is 1. The van der Waals surface area contributed by atoms with Gasteiger partial charge < -0.3 is 29.9 Å². The third-order valence-corrected chi connectivity index (χ3v) is 9.29. The number of carbonyl (C=O) groups excluding carboxylic acids is 2. The Hall–Kier alpha value is -4.99. The largest absolute Gasteiger partial charge is 0.479 e. The number of unbranched alkanes of at least 4 members (excludes halogenated alkanes) is 3. The van der Waals surface area contributed by atoms with Gasteiger partial charge in [-0.05, 0) is 93.4 Å². The van der Waals surface area contributed by atoms with Gasteiger partial charge in [-0.15, -0.1) is 0 Å². The zero-order valence-electron chi connectivity index (χ0n) is 29.3. The van der Waals surface area contributed by atoms with Crippen molar-refractivity contribution in [3.8, 4) is 16.9 Å². The summed E-state index contributed by atoms with van der Waals surface area (Å²) in [6.45, 7) is 7.54. The summed E-state index contributed by atoms with van der Waals surface area (Å²) in [5.41, 5.74) is 4.92. The summed E-state index contributed by atoms with van der Waals surface area (Å²) in [6.07, 6.45) is 3.21. The zero-order chi connectivity index (χ0) is 35.5. The van der Waals surface area contributed by atoms with E-state index in [-0.39, 0.29) is 11.8 Å². The average Bonchev–Trinajstić information content (AvgIpc) is 3.13. The number of carboxylic acids is 1. The maximum Gasteiger partial charge on any atom is 0.344 e. The van der Waals surface area contributed by atoms with Crippen molar-refractivity contribution in [3.05, 3.63) is 114 Å². The van der Waals surface area contributed by atoms with Crippen LogP contribution in [0.25, 0.3) is 11.1 Å². The van der Waals surface area contributed by atoms with E-state index < -0.39 is 12.1 Å². The van der Waals surface area contributed by atoms with Crippen LogP contribution in [0.15, 0.2) is 97.1 Å². The highest BCUT2D eigenvalue weighted by molar-refractivity contribution is 6.09. The number of hydrogen-bond donors (Lipinski definition) is 2. The molecule has 1 unspecified atom stereocenters. The molecule has 0 spiro atoms. The van der Waals surface area contributed by atoms with E-state index in [0.717, 1.165) is 75.1 Å². The van der Waals surface area contributed by atoms with Crippen molar-refractivity contribution in [1.29, 1.82) is 0 Å². The van der Waals surface area contributed by atoms with Crippen molar-refractivity contribution < 1.29 is 24.2 Å². The second kappa shape index (κ2) is 17.6. The van der Waals surface area contributed by atoms with Crippen molar-refractivity contribution in [1.82, 2.24) is 9.80 Å². The first-order valence-corrected chi connectivity index (χ1v) is 17.4. The Morgan fingerprint density at radius 2 is 1.48 bits per heavy atom. The Morgan fingerprint density at radius 1 is 0.820 bits per heavy atom. The van der Waals surface area contributed by atoms with Crippen LogP contribution in [-0.2, 0) is 4.79 Å². The monoisotopic (exact) mass is 676 g/mol. The number of hydrogen-bond acceptors (Lipinski definition) is 6. The van der Waals surface area contributed by atoms with Crippen molar-refractivity contribution in [2.75, 3.05) is 57.0 Å². The van der Waals surface area contributed by atoms with Gasteiger partial charge in [-0.3, -0.25) is 9.59 Å². The fourth-order valence-electron chi connectivity index (χ4n) is 6.17. The number of benzene rings is 4. The maximum absolute atomic E-state index is 13.6. The topological polar surface area (TPSA) is 102 Å². The molecule has 1 atom stereocenters. The van der Waals surface area contributed by atoms with Gasteiger partial charge in [-0.2, -0.15) is 0 Å². The second-order valence-electron chi connectivity index (χ2n) is 13.1. The lowest BCUT2D eigenvalue weighted by Crippen LogP contribution is -2.44. The molecule has 0 aromatic heterocycles. The first-order valence-electron chi connectivity index (χ1n) is 17.4. The molecule has 1 aliphatic heterocycles. The summed E-state index contributed by atoms with van der Waals surface area (Å²) in [5.74, 6) is -1.23. The molecule has 0 saturated carbocycles. The molecule has 1 fully saturated rings. The van der Waals surface area contributed by atoms with Crippen LogP contribution in [0.2, 0.25) is 0 Å². The van der Waals surface area contributed by atoms with Gasteiger partial charge in [0.1, 0.15) is 5.75 Å². The lowest BCUT2D eigenvalue weighted by molar-refractivity contribution is -0.145. The molecule has 50 heavy (non-hydrogen) atoms. The van der Waals surface area contributed by atoms with E-state index in [9.17, 15) is 19.5 Å². The van der Waals surface area contributed by atoms with E-state index in [4.69, 9.17) is 4.74 Å². The highest BCUT2D eigenvalue weighted by Crippen LogP contribution is 2.31. The summed E-state index contributed by atoms with van der Waals surface area (Å²) < 4.78 is 6.02. The quantitative estimate of drug-likeness (QED) is 0.128. The van der Waals surface area contributed by atoms with E-state index >= 15 is 0 Å². The van der Waals surface area contributed by atoms with E-state index in [2.05, 4.69) is 22.2 Å². The Kier molecular flexibility index (Phi) is 12.8. The van der Waals surface area contributed by atoms with Gasteiger partial charge in [0, 0.05) is 50.0 Å². The first-order chi connectivity index (χ1) is 24.2. The third kappa shape index (κ3) is 9.80. The second-order valence-corrected chi connectivity index (χ2v) is 13.1. The number of likely N-dealkylation sites (N-methyl/N-ethyl adjacent to an activating group) is 1. The Labute approximate surface area is 295 Å². The SMILES string of the molecule is Cc1ccc(-c2ccccc2C(=O)Nc2ccc(C(=O)N(C)c3ccccc3OC(CCCCCCN3CCN(C)CC3)C(=O)O)cc2)cc1. The molecule has 0 radical (unpaired) electrons. The lowest BCUT2D eigenvalue weighted by atomic mass is 9.98. The lowest BCUT2D eigenvalue weighted by Gasteiger charge is -2.32. The number of amides is 2. The molecule has 1 saturated heterocycles. The number of rotatable bonds is 15. The van der Waals surface area contributed by atoms with Crippen molar-refractivity contribution in [2.45, 2.75) is 45.1 Å². The molecule has 4 aromatic carbocycles. The molecule has 0 bridgehead atoms. The van der Waals surface area contributed by atoms with Crippen LogP contribution in [0.5, 0.6) is 5.75 Å². The van der Waals surface area contributed by atoms with Gasteiger partial charge in [0.25, 0.3) is 11.8 Å². The predicted molar refractivity (Wildman–Crippen MR) is 199 cm³/mol. The van der Waals surface area contributed by atoms with Gasteiger partial charge in [-0.1, -0.05) is 73.0 Å². The van der Waals surface area contributed by atoms with Gasteiger partial charge >= 0.3 is 5.97 Å². The predicted octanol–water partition coefficient (Wildman–Crippen LogP) is 7.22. The molecule has 1 aliphatic rings. The van der Waals surface area contributed by atoms with Crippen LogP contribution in [0.1, 0.15) is 58.4 Å². The molecule has 262 valence electrons. The van der Waals surface area contributed by atoms with Crippen LogP contribution in [0.3, 0.4) is 0 Å². The van der Waals surface area contributed by atoms with Gasteiger partial charge in [0.2, 0.25) is 0 Å². The van der Waals surface area contributed by atoms with Gasteiger partial charge in [-0.25, -0.2) is 4.79 Å². The number of aryl methyl sites for hydroxylation is 1. The standard InChI is InChI=1S/C41H48N4O5/c1-30-17-19-31(20-18-30)34-12-7-8-13-35(34)39(46)42-33-23-21-32(22-24-33)40(47)44(3)36-14-9-10-15-37(36)50-38(41(48)49)16-6-4-5-11-25-45-28-26-43(2)27-29-45/h7-10,12-15,17-24,38H,4-6,11,16,25-29H2,1-3H3,(H,42,46)(H,48,49). The number of anilines is 2. The number of para-hydroxylation sites is 2. The third-order valence-electron chi connectivity index (χ3n) is 9.29. The first kappa shape index (κ1) is 36.3. The Bertz CT molecular complexity index is 1730. The maximum atomic E-state index is 13.6. The summed E-state index contributed by atoms with van der Waals surface area (Å²) in [5, 5.41) is 12.9. The molecule has 9 nitrogen and oxygen atoms in total. The van der Waals surface area contributed by atoms with E-state index in [1.807, 2.05) is 49.4 Å². The number of piperazine rings is 1. The summed E-state index contributed by atoms with van der Waals surface area (Å²) in [6, 6.07) is 29.2. The van der Waals surface area contributed by atoms with Crippen molar-refractivity contribution in [2.24, 2.45) is 0 Å². The van der Waals surface area contributed by atoms with Gasteiger partial charge in [0.15, 0.2) is 6.10 Å². The minimum Gasteiger partial charge on any atom is -0.479 e. The fourth-order valence-corrected chi connectivity index (χ4v) is 6.17. The number of carboxylic acid groups (broad SMARTS) is 1. The van der Waals surface area contributed by atoms with E-state index in [1.54, 1.807) is 61.6 Å². The van der Waals surface area contributed by atoms with Crippen LogP contribution in [0, 0.1) is 6.92 Å². The molecule has 2 N–H and O–H groups in total. The summed E-state index contributed by atoms with van der Waals surface area (Å²) >= 11 is 0. The van der Waals surface area contributed by atoms with E-state index in [0.29, 0.717) is 34.7 Å². The molecule has 2 amide bonds. The van der Waals surface area contributed by atoms with Gasteiger partial charge in [0.05, 0.1) is 5.69 Å². The number of nitrogens with one attached hydrogen (secondary N) is 1. The normalized spacial score (nSPS) is 14.1. The summed E-state index contributed by atoms with van der Waals surface area (Å²) in [7, 11) is 3.79. The van der Waals surface area contributed by atoms with Crippen LogP contribution in [0.4, 0.5) is 11.4 Å². The highest BCUT2D eigenvalue weighted by Gasteiger charge is 2.24. The minimum atomic E-state index is -1.02. The molecule has 9 heteroatoms. The van der Waals surface area contributed by atoms with Crippen molar-refractivity contribution in [3.63, 3.8) is 0 Å². The van der Waals surface area contributed by atoms with E-state index in [1.165, 1.54) is 4.90 Å². The smallest absolute Gasteiger partial charge is 0.344 e. The number of nitrogens with zero attached hydrogens (tertiary/aromatic N) is 3. The van der Waals surface area contributed by atoms with Crippen LogP contribution < -0.4 is 15.0 Å². The number of carbonyl (C=O) groups is 3. The molecule has 0 aliphatic carbocycles. The Morgan fingerprint density at radius 3 is 2.20 bits per heavy atom. The average molecular weight is 677 g/mol. The molecule has 5 rings (SSSR count). The Balaban J connectivity index is 1.16. The van der Waals surface area contributed by atoms with Crippen LogP contribution in [-0.4, -0.2) is 85.6 Å². The highest BCUT2D eigenvalue weighted by atomic mass is 16.5. The summed E-state index contributed by atoms with van der Waals surface area (Å²) in [4.78, 5) is 45.3. The minimum absolute atomic E-state index is 0.248.